The van der Waals surface area contributed by atoms with Gasteiger partial charge in [0, 0.05) is 12.1 Å². The molecule has 0 amide bonds. The van der Waals surface area contributed by atoms with E-state index >= 15 is 0 Å². The molecule has 1 heterocycles. The van der Waals surface area contributed by atoms with E-state index in [9.17, 15) is 8.42 Å². The predicted octanol–water partition coefficient (Wildman–Crippen LogP) is 2.15. The van der Waals surface area contributed by atoms with Gasteiger partial charge < -0.3 is 9.64 Å². The molecule has 2 rings (SSSR count). The van der Waals surface area contributed by atoms with Crippen LogP contribution in [0.15, 0.2) is 23.1 Å². The van der Waals surface area contributed by atoms with Gasteiger partial charge in [0.15, 0.2) is 0 Å². The van der Waals surface area contributed by atoms with Gasteiger partial charge >= 0.3 is 0 Å². The van der Waals surface area contributed by atoms with Crippen LogP contribution in [0.3, 0.4) is 0 Å². The number of rotatable bonds is 5. The SMILES string of the molecule is COc1ccc(S(=O)(=O)NC2CCN(C(C)C)CC2)c(C)c1. The van der Waals surface area contributed by atoms with Gasteiger partial charge in [0.05, 0.1) is 12.0 Å². The summed E-state index contributed by atoms with van der Waals surface area (Å²) in [7, 11) is -1.90. The first kappa shape index (κ1) is 17.2. The third-order valence-electron chi connectivity index (χ3n) is 4.25. The summed E-state index contributed by atoms with van der Waals surface area (Å²) in [6, 6.07) is 5.57. The van der Waals surface area contributed by atoms with Crippen LogP contribution in [0.25, 0.3) is 0 Å². The molecule has 22 heavy (non-hydrogen) atoms. The van der Waals surface area contributed by atoms with Gasteiger partial charge in [0.2, 0.25) is 10.0 Å². The van der Waals surface area contributed by atoms with Crippen molar-refractivity contribution in [2.24, 2.45) is 0 Å². The number of piperidine rings is 1. The van der Waals surface area contributed by atoms with Crippen LogP contribution in [0.5, 0.6) is 5.75 Å². The highest BCUT2D eigenvalue weighted by molar-refractivity contribution is 7.89. The van der Waals surface area contributed by atoms with Crippen molar-refractivity contribution in [1.82, 2.24) is 9.62 Å². The molecule has 1 aliphatic rings. The van der Waals surface area contributed by atoms with Gasteiger partial charge in [-0.3, -0.25) is 0 Å². The van der Waals surface area contributed by atoms with Crippen molar-refractivity contribution in [2.75, 3.05) is 20.2 Å². The molecule has 5 nitrogen and oxygen atoms in total. The number of methoxy groups -OCH3 is 1. The number of hydrogen-bond donors (Lipinski definition) is 1. The standard InChI is InChI=1S/C16H26N2O3S/c1-12(2)18-9-7-14(8-10-18)17-22(19,20)16-6-5-15(21-4)11-13(16)3/h5-6,11-12,14,17H,7-10H2,1-4H3. The molecule has 6 heteroatoms. The zero-order valence-corrected chi connectivity index (χ0v) is 14.6. The van der Waals surface area contributed by atoms with Crippen LogP contribution in [0.4, 0.5) is 0 Å². The number of benzene rings is 1. The van der Waals surface area contributed by atoms with E-state index in [-0.39, 0.29) is 6.04 Å². The minimum atomic E-state index is -3.48. The lowest BCUT2D eigenvalue weighted by atomic mass is 10.1. The van der Waals surface area contributed by atoms with Crippen LogP contribution in [-0.4, -0.2) is 45.6 Å². The average Bonchev–Trinajstić information content (AvgIpc) is 2.46. The molecule has 0 saturated carbocycles. The van der Waals surface area contributed by atoms with Crippen LogP contribution < -0.4 is 9.46 Å². The second kappa shape index (κ2) is 6.98. The molecule has 0 unspecified atom stereocenters. The maximum Gasteiger partial charge on any atom is 0.241 e. The summed E-state index contributed by atoms with van der Waals surface area (Å²) in [5.74, 6) is 0.668. The predicted molar refractivity (Wildman–Crippen MR) is 87.8 cm³/mol. The monoisotopic (exact) mass is 326 g/mol. The second-order valence-corrected chi connectivity index (χ2v) is 7.84. The quantitative estimate of drug-likeness (QED) is 0.901. The van der Waals surface area contributed by atoms with Crippen LogP contribution in [-0.2, 0) is 10.0 Å². The highest BCUT2D eigenvalue weighted by Crippen LogP contribution is 2.22. The van der Waals surface area contributed by atoms with E-state index in [2.05, 4.69) is 23.5 Å². The summed E-state index contributed by atoms with van der Waals surface area (Å²) < 4.78 is 33.1. The topological polar surface area (TPSA) is 58.6 Å². The van der Waals surface area contributed by atoms with E-state index < -0.39 is 10.0 Å². The number of likely N-dealkylation sites (tertiary alicyclic amines) is 1. The third-order valence-corrected chi connectivity index (χ3v) is 5.93. The van der Waals surface area contributed by atoms with Gasteiger partial charge in [-0.05, 0) is 70.5 Å². The number of hydrogen-bond acceptors (Lipinski definition) is 4. The molecule has 1 aromatic rings. The van der Waals surface area contributed by atoms with E-state index in [1.807, 2.05) is 0 Å². The van der Waals surface area contributed by atoms with E-state index in [4.69, 9.17) is 4.74 Å². The normalized spacial score (nSPS) is 17.9. The zero-order valence-electron chi connectivity index (χ0n) is 13.8. The molecule has 1 aliphatic heterocycles. The molecule has 124 valence electrons. The fraction of sp³-hybridized carbons (Fsp3) is 0.625. The van der Waals surface area contributed by atoms with Gasteiger partial charge in [-0.25, -0.2) is 13.1 Å². The summed E-state index contributed by atoms with van der Waals surface area (Å²) in [4.78, 5) is 2.71. The highest BCUT2D eigenvalue weighted by atomic mass is 32.2. The number of nitrogens with zero attached hydrogens (tertiary/aromatic N) is 1. The molecule has 1 N–H and O–H groups in total. The van der Waals surface area contributed by atoms with Crippen LogP contribution in [0, 0.1) is 6.92 Å². The molecule has 0 atom stereocenters. The summed E-state index contributed by atoms with van der Waals surface area (Å²) >= 11 is 0. The lowest BCUT2D eigenvalue weighted by Crippen LogP contribution is -2.46. The molecular formula is C16H26N2O3S. The van der Waals surface area contributed by atoms with Crippen molar-refractivity contribution in [3.63, 3.8) is 0 Å². The van der Waals surface area contributed by atoms with Gasteiger partial charge in [0.25, 0.3) is 0 Å². The fourth-order valence-electron chi connectivity index (χ4n) is 2.87. The molecule has 0 aliphatic carbocycles. The van der Waals surface area contributed by atoms with Crippen LogP contribution >= 0.6 is 0 Å². The summed E-state index contributed by atoms with van der Waals surface area (Å²) in [5, 5.41) is 0. The first-order valence-electron chi connectivity index (χ1n) is 7.74. The largest absolute Gasteiger partial charge is 0.497 e. The lowest BCUT2D eigenvalue weighted by molar-refractivity contribution is 0.168. The van der Waals surface area contributed by atoms with E-state index in [0.717, 1.165) is 25.9 Å². The zero-order chi connectivity index (χ0) is 16.3. The Hall–Kier alpha value is -1.11. The Morgan fingerprint density at radius 3 is 2.41 bits per heavy atom. The van der Waals surface area contributed by atoms with Crippen molar-refractivity contribution < 1.29 is 13.2 Å². The minimum absolute atomic E-state index is 0.0153. The molecule has 0 aromatic heterocycles. The van der Waals surface area contributed by atoms with Crippen molar-refractivity contribution in [1.29, 1.82) is 0 Å². The summed E-state index contributed by atoms with van der Waals surface area (Å²) in [6.07, 6.45) is 1.71. The number of ether oxygens (including phenoxy) is 1. The van der Waals surface area contributed by atoms with Gasteiger partial charge in [-0.15, -0.1) is 0 Å². The van der Waals surface area contributed by atoms with Crippen molar-refractivity contribution in [3.05, 3.63) is 23.8 Å². The molecule has 1 saturated heterocycles. The summed E-state index contributed by atoms with van der Waals surface area (Å²) in [5.41, 5.74) is 0.700. The lowest BCUT2D eigenvalue weighted by Gasteiger charge is -2.34. The molecular weight excluding hydrogens is 300 g/mol. The Kier molecular flexibility index (Phi) is 5.47. The van der Waals surface area contributed by atoms with Gasteiger partial charge in [-0.2, -0.15) is 0 Å². The Morgan fingerprint density at radius 2 is 1.91 bits per heavy atom. The van der Waals surface area contributed by atoms with E-state index in [1.54, 1.807) is 32.2 Å². The Balaban J connectivity index is 2.06. The number of sulfonamides is 1. The molecule has 1 fully saturated rings. The second-order valence-electron chi connectivity index (χ2n) is 6.16. The third kappa shape index (κ3) is 4.00. The molecule has 0 radical (unpaired) electrons. The van der Waals surface area contributed by atoms with Crippen molar-refractivity contribution in [3.8, 4) is 5.75 Å². The van der Waals surface area contributed by atoms with E-state index in [1.165, 1.54) is 0 Å². The first-order chi connectivity index (χ1) is 10.3. The number of nitrogens with one attached hydrogen (secondary N) is 1. The Labute approximate surface area is 133 Å². The maximum absolute atomic E-state index is 12.6. The smallest absolute Gasteiger partial charge is 0.241 e. The Morgan fingerprint density at radius 1 is 1.27 bits per heavy atom. The number of aryl methyl sites for hydroxylation is 1. The molecule has 1 aromatic carbocycles. The Bertz CT molecular complexity index is 606. The van der Waals surface area contributed by atoms with Gasteiger partial charge in [-0.1, -0.05) is 0 Å². The summed E-state index contributed by atoms with van der Waals surface area (Å²) in [6.45, 7) is 8.01. The maximum atomic E-state index is 12.6. The van der Waals surface area contributed by atoms with E-state index in [0.29, 0.717) is 22.3 Å². The van der Waals surface area contributed by atoms with Crippen LogP contribution in [0.1, 0.15) is 32.3 Å². The van der Waals surface area contributed by atoms with Crippen molar-refractivity contribution >= 4 is 10.0 Å². The average molecular weight is 326 g/mol. The van der Waals surface area contributed by atoms with Gasteiger partial charge in [0.1, 0.15) is 5.75 Å². The van der Waals surface area contributed by atoms with Crippen molar-refractivity contribution in [2.45, 2.75) is 50.6 Å². The minimum Gasteiger partial charge on any atom is -0.497 e. The first-order valence-corrected chi connectivity index (χ1v) is 9.23. The molecule has 0 spiro atoms. The molecule has 0 bridgehead atoms. The van der Waals surface area contributed by atoms with Crippen LogP contribution in [0.2, 0.25) is 0 Å². The highest BCUT2D eigenvalue weighted by Gasteiger charge is 2.26. The fourth-order valence-corrected chi connectivity index (χ4v) is 4.40.